The Morgan fingerprint density at radius 3 is 1.77 bits per heavy atom. The smallest absolute Gasteiger partial charge is 0.129 e. The lowest BCUT2D eigenvalue weighted by Gasteiger charge is -2.23. The molecule has 0 aliphatic rings. The molecule has 4 aromatic rings. The molecule has 0 spiro atoms. The van der Waals surface area contributed by atoms with E-state index in [1.807, 2.05) is 24.3 Å². The van der Waals surface area contributed by atoms with Crippen molar-refractivity contribution in [2.45, 2.75) is 13.1 Å². The second kappa shape index (κ2) is 10.7. The molecule has 4 rings (SSSR count). The average Bonchev–Trinajstić information content (AvgIpc) is 2.83. The van der Waals surface area contributed by atoms with Crippen molar-refractivity contribution in [3.8, 4) is 0 Å². The molecule has 0 heterocycles. The van der Waals surface area contributed by atoms with E-state index in [4.69, 9.17) is 12.8 Å². The van der Waals surface area contributed by atoms with Gasteiger partial charge >= 0.3 is 0 Å². The summed E-state index contributed by atoms with van der Waals surface area (Å²) in [5, 5.41) is 6.18. The zero-order valence-electron chi connectivity index (χ0n) is 17.4. The molecule has 31 heavy (non-hydrogen) atoms. The molecule has 150 valence electrons. The number of hydrogen-bond donors (Lipinski definition) is 1. The van der Waals surface area contributed by atoms with Gasteiger partial charge in [-0.1, -0.05) is 121 Å². The highest BCUT2D eigenvalue weighted by Crippen LogP contribution is 2.34. The van der Waals surface area contributed by atoms with Crippen molar-refractivity contribution in [3.05, 3.63) is 126 Å². The van der Waals surface area contributed by atoms with E-state index < -0.39 is 7.92 Å². The van der Waals surface area contributed by atoms with E-state index in [0.29, 0.717) is 13.1 Å². The van der Waals surface area contributed by atoms with Crippen LogP contribution >= 0.6 is 7.92 Å². The first-order valence-corrected chi connectivity index (χ1v) is 11.7. The van der Waals surface area contributed by atoms with Crippen LogP contribution in [0.5, 0.6) is 0 Å². The van der Waals surface area contributed by atoms with E-state index in [1.165, 1.54) is 16.2 Å². The van der Waals surface area contributed by atoms with Gasteiger partial charge in [-0.15, -0.1) is 0 Å². The maximum absolute atomic E-state index is 6.20. The van der Waals surface area contributed by atoms with Crippen LogP contribution in [0.2, 0.25) is 0 Å². The van der Waals surface area contributed by atoms with Crippen LogP contribution in [-0.4, -0.2) is 13.4 Å². The van der Waals surface area contributed by atoms with Gasteiger partial charge in [0.2, 0.25) is 0 Å². The van der Waals surface area contributed by atoms with Crippen molar-refractivity contribution >= 4 is 37.4 Å². The number of aliphatic imine (C=N–C) groups is 1. The van der Waals surface area contributed by atoms with E-state index in [2.05, 4.69) is 96.3 Å². The van der Waals surface area contributed by atoms with Crippen LogP contribution in [-0.2, 0) is 13.1 Å². The van der Waals surface area contributed by atoms with Gasteiger partial charge < -0.3 is 5.32 Å². The summed E-state index contributed by atoms with van der Waals surface area (Å²) in [6.07, 6.45) is 0. The number of rotatable bonds is 7. The van der Waals surface area contributed by atoms with Gasteiger partial charge in [0.1, 0.15) is 13.4 Å². The normalized spacial score (nSPS) is 11.5. The zero-order chi connectivity index (χ0) is 21.3. The first-order valence-electron chi connectivity index (χ1n) is 10.4. The molecule has 0 aromatic heterocycles. The van der Waals surface area contributed by atoms with E-state index in [0.717, 1.165) is 16.6 Å². The second-order valence-corrected chi connectivity index (χ2v) is 9.31. The van der Waals surface area contributed by atoms with Gasteiger partial charge in [0.25, 0.3) is 0 Å². The largest absolute Gasteiger partial charge is 0.366 e. The predicted molar refractivity (Wildman–Crippen MR) is 135 cm³/mol. The van der Waals surface area contributed by atoms with Gasteiger partial charge in [0.05, 0.1) is 6.54 Å². The van der Waals surface area contributed by atoms with Crippen molar-refractivity contribution in [2.75, 3.05) is 0 Å². The number of benzene rings is 4. The first kappa shape index (κ1) is 21.1. The predicted octanol–water partition coefficient (Wildman–Crippen LogP) is 4.26. The van der Waals surface area contributed by atoms with Crippen molar-refractivity contribution in [3.63, 3.8) is 0 Å². The third-order valence-electron chi connectivity index (χ3n) is 4.99. The van der Waals surface area contributed by atoms with Gasteiger partial charge in [-0.2, -0.15) is 0 Å². The highest BCUT2D eigenvalue weighted by molar-refractivity contribution is 7.87. The molecule has 0 atom stereocenters. The third kappa shape index (κ3) is 5.72. The number of nitrogens with one attached hydrogen (secondary N) is 1. The van der Waals surface area contributed by atoms with Crippen molar-refractivity contribution in [2.24, 2.45) is 4.99 Å². The van der Waals surface area contributed by atoms with Crippen molar-refractivity contribution < 1.29 is 0 Å². The van der Waals surface area contributed by atoms with Gasteiger partial charge in [-0.3, -0.25) is 4.99 Å². The summed E-state index contributed by atoms with van der Waals surface area (Å²) < 4.78 is 0. The van der Waals surface area contributed by atoms with Gasteiger partial charge in [0, 0.05) is 14.5 Å². The van der Waals surface area contributed by atoms with E-state index in [1.54, 1.807) is 0 Å². The van der Waals surface area contributed by atoms with Crippen LogP contribution < -0.4 is 21.4 Å². The first-order chi connectivity index (χ1) is 15.3. The number of amidine groups is 1. The Labute approximate surface area is 187 Å². The summed E-state index contributed by atoms with van der Waals surface area (Å²) in [4.78, 5) is 5.09. The lowest BCUT2D eigenvalue weighted by Crippen LogP contribution is -2.31. The Morgan fingerprint density at radius 2 is 1.19 bits per heavy atom. The fraction of sp³-hybridized carbons (Fsp3) is 0.0741. The standard InChI is InChI=1S/C27H24BN2P/c28-26-19-11-10-14-23(26)21-30-27(29-20-22-12-4-1-5-13-22)31(24-15-6-2-7-16-24)25-17-8-3-9-18-25/h1-19H,20-21H2,(H,29,30). The minimum absolute atomic E-state index is 0.631. The summed E-state index contributed by atoms with van der Waals surface area (Å²) in [7, 11) is 5.38. The maximum atomic E-state index is 6.20. The molecular weight excluding hydrogens is 394 g/mol. The third-order valence-corrected chi connectivity index (χ3v) is 7.34. The molecule has 1 N–H and O–H groups in total. The topological polar surface area (TPSA) is 24.4 Å². The van der Waals surface area contributed by atoms with Crippen molar-refractivity contribution in [1.82, 2.24) is 5.32 Å². The Hall–Kier alpha value is -3.16. The zero-order valence-corrected chi connectivity index (χ0v) is 18.3. The molecule has 2 radical (unpaired) electrons. The van der Waals surface area contributed by atoms with Gasteiger partial charge in [0.15, 0.2) is 0 Å². The lowest BCUT2D eigenvalue weighted by atomic mass is 9.91. The molecule has 2 nitrogen and oxygen atoms in total. The summed E-state index contributed by atoms with van der Waals surface area (Å²) in [5.41, 5.74) is 4.06. The van der Waals surface area contributed by atoms with Crippen LogP contribution in [0.15, 0.2) is 120 Å². The monoisotopic (exact) mass is 418 g/mol. The Bertz CT molecular complexity index is 1080. The van der Waals surface area contributed by atoms with E-state index >= 15 is 0 Å². The fourth-order valence-corrected chi connectivity index (χ4v) is 5.55. The van der Waals surface area contributed by atoms with Crippen LogP contribution in [0.25, 0.3) is 0 Å². The average molecular weight is 418 g/mol. The van der Waals surface area contributed by atoms with Crippen LogP contribution in [0, 0.1) is 0 Å². The number of nitrogens with zero attached hydrogens (tertiary/aromatic N) is 1. The fourth-order valence-electron chi connectivity index (χ4n) is 3.37. The SMILES string of the molecule is [B]c1ccccc1CNC(=NCc1ccccc1)P(c1ccccc1)c1ccccc1. The Kier molecular flexibility index (Phi) is 7.31. The molecular formula is C27H24BN2P. The molecule has 0 aliphatic heterocycles. The Morgan fingerprint density at radius 1 is 0.677 bits per heavy atom. The summed E-state index contributed by atoms with van der Waals surface area (Å²) in [6, 6.07) is 39.6. The summed E-state index contributed by atoms with van der Waals surface area (Å²) in [6.45, 7) is 1.27. The van der Waals surface area contributed by atoms with Gasteiger partial charge in [-0.25, -0.2) is 0 Å². The van der Waals surface area contributed by atoms with E-state index in [9.17, 15) is 0 Å². The molecule has 0 unspecified atom stereocenters. The molecule has 0 bridgehead atoms. The maximum Gasteiger partial charge on any atom is 0.129 e. The van der Waals surface area contributed by atoms with Crippen LogP contribution in [0.1, 0.15) is 11.1 Å². The second-order valence-electron chi connectivity index (χ2n) is 7.18. The minimum Gasteiger partial charge on any atom is -0.366 e. The summed E-state index contributed by atoms with van der Waals surface area (Å²) >= 11 is 0. The molecule has 0 saturated heterocycles. The summed E-state index contributed by atoms with van der Waals surface area (Å²) in [5.74, 6) is 0. The Balaban J connectivity index is 1.71. The molecule has 0 saturated carbocycles. The van der Waals surface area contributed by atoms with Gasteiger partial charge in [-0.05, 0) is 21.7 Å². The van der Waals surface area contributed by atoms with Crippen LogP contribution in [0.4, 0.5) is 0 Å². The number of hydrogen-bond acceptors (Lipinski definition) is 1. The molecule has 4 heteroatoms. The highest BCUT2D eigenvalue weighted by Gasteiger charge is 2.20. The molecule has 0 fully saturated rings. The quantitative estimate of drug-likeness (QED) is 0.206. The minimum atomic E-state index is -0.818. The lowest BCUT2D eigenvalue weighted by molar-refractivity contribution is 0.915. The molecule has 0 amide bonds. The molecule has 0 aliphatic carbocycles. The van der Waals surface area contributed by atoms with E-state index in [-0.39, 0.29) is 0 Å². The molecule has 4 aromatic carbocycles. The van der Waals surface area contributed by atoms with Crippen LogP contribution in [0.3, 0.4) is 0 Å². The highest BCUT2D eigenvalue weighted by atomic mass is 31.1. The van der Waals surface area contributed by atoms with Crippen molar-refractivity contribution in [1.29, 1.82) is 0 Å².